The summed E-state index contributed by atoms with van der Waals surface area (Å²) < 4.78 is 4.57. The van der Waals surface area contributed by atoms with E-state index < -0.39 is 0 Å². The standard InChI is InChI=1S/C28H21BN3.C26H36N3.Pt/c1-31-26-18-9-8-15-25(26)28-30-19-20-32(28)29(31)27-23(21-11-4-2-5-12-21)16-10-17-24(27)22-13-6-3-7-14-22;1-17(2)19-12-10-13-20(18(3)4)23(19)29-16-22(26(8,9)25(5,6)7)28-24(29)21-14-11-15-27-21;/h2-14,16-20H,1H3;10-18H,1-9H3;/q2*-1;+2. The quantitative estimate of drug-likeness (QED) is 0.112. The van der Waals surface area contributed by atoms with Gasteiger partial charge in [-0.05, 0) is 63.1 Å². The number of para-hydroxylation sites is 1. The first-order valence-electron chi connectivity index (χ1n) is 21.6. The molecule has 6 nitrogen and oxygen atoms in total. The SMILES string of the molecule is CC(C)c1cccc(C(C)C)c1-n1cc(C(C)(C)C(C)(C)C)nc1-c1ccc[n-]1.CN1B(c2c(-c3ccccc3)cccc2-c2ccccc2)n2ccnc2-c2[c-]cccc21.[Pt+2]. The van der Waals surface area contributed by atoms with Crippen molar-refractivity contribution in [3.63, 3.8) is 0 Å². The number of anilines is 1. The minimum atomic E-state index is -0.0790. The van der Waals surface area contributed by atoms with Gasteiger partial charge >= 0.3 is 28.0 Å². The Labute approximate surface area is 383 Å². The Morgan fingerprint density at radius 1 is 0.677 bits per heavy atom. The molecular formula is C54H57BN6Pt. The molecule has 316 valence electrons. The van der Waals surface area contributed by atoms with Crippen LogP contribution in [0.25, 0.3) is 50.8 Å². The molecule has 9 rings (SSSR count). The average Bonchev–Trinajstić information content (AvgIpc) is 4.07. The van der Waals surface area contributed by atoms with Gasteiger partial charge in [0, 0.05) is 29.8 Å². The zero-order valence-corrected chi connectivity index (χ0v) is 39.9. The zero-order chi connectivity index (χ0) is 43.1. The fourth-order valence-corrected chi connectivity index (χ4v) is 8.48. The summed E-state index contributed by atoms with van der Waals surface area (Å²) in [7, 11) is 2.16. The molecule has 0 unspecified atom stereocenters. The summed E-state index contributed by atoms with van der Waals surface area (Å²) in [6.45, 7) is 20.5. The number of hydrogen-bond acceptors (Lipinski definition) is 3. The molecule has 0 spiro atoms. The Balaban J connectivity index is 0.000000185. The molecule has 4 heterocycles. The summed E-state index contributed by atoms with van der Waals surface area (Å²) in [6, 6.07) is 48.2. The monoisotopic (exact) mass is 995 g/mol. The van der Waals surface area contributed by atoms with Gasteiger partial charge < -0.3 is 18.8 Å². The number of rotatable bonds is 8. The van der Waals surface area contributed by atoms with Crippen LogP contribution >= 0.6 is 0 Å². The number of imidazole rings is 2. The first kappa shape index (κ1) is 44.4. The number of nitrogens with zero attached hydrogens (tertiary/aromatic N) is 6. The van der Waals surface area contributed by atoms with Crippen molar-refractivity contribution in [3.8, 4) is 50.8 Å². The second-order valence-electron chi connectivity index (χ2n) is 18.4. The van der Waals surface area contributed by atoms with Crippen molar-refractivity contribution in [1.29, 1.82) is 0 Å². The van der Waals surface area contributed by atoms with Gasteiger partial charge in [0.15, 0.2) is 0 Å². The van der Waals surface area contributed by atoms with Crippen molar-refractivity contribution < 1.29 is 21.1 Å². The van der Waals surface area contributed by atoms with Gasteiger partial charge in [-0.25, -0.2) is 4.98 Å². The van der Waals surface area contributed by atoms with E-state index in [0.717, 1.165) is 34.3 Å². The van der Waals surface area contributed by atoms with E-state index in [1.165, 1.54) is 44.5 Å². The summed E-state index contributed by atoms with van der Waals surface area (Å²) >= 11 is 0. The van der Waals surface area contributed by atoms with Crippen molar-refractivity contribution in [2.24, 2.45) is 5.41 Å². The zero-order valence-electron chi connectivity index (χ0n) is 37.7. The van der Waals surface area contributed by atoms with Crippen LogP contribution in [0.15, 0.2) is 152 Å². The van der Waals surface area contributed by atoms with Crippen LogP contribution in [0.3, 0.4) is 0 Å². The number of fused-ring (bicyclic) bond motifs is 3. The van der Waals surface area contributed by atoms with E-state index in [9.17, 15) is 0 Å². The molecule has 0 fully saturated rings. The van der Waals surface area contributed by atoms with Crippen LogP contribution in [0.4, 0.5) is 5.69 Å². The minimum absolute atomic E-state index is 0. The summed E-state index contributed by atoms with van der Waals surface area (Å²) in [5, 5.41) is 0. The molecule has 0 saturated carbocycles. The van der Waals surface area contributed by atoms with Gasteiger partial charge in [-0.1, -0.05) is 188 Å². The molecular weight excluding hydrogens is 939 g/mol. The molecule has 0 saturated heterocycles. The van der Waals surface area contributed by atoms with Gasteiger partial charge in [0.25, 0.3) is 0 Å². The Hall–Kier alpha value is -5.65. The topological polar surface area (TPSA) is 53.0 Å². The third kappa shape index (κ3) is 8.20. The Kier molecular flexibility index (Phi) is 12.9. The van der Waals surface area contributed by atoms with Crippen LogP contribution in [0, 0.1) is 11.5 Å². The predicted molar refractivity (Wildman–Crippen MR) is 256 cm³/mol. The smallest absolute Gasteiger partial charge is 0.661 e. The van der Waals surface area contributed by atoms with E-state index in [0.29, 0.717) is 11.8 Å². The summed E-state index contributed by atoms with van der Waals surface area (Å²) in [4.78, 5) is 16.8. The molecule has 0 atom stereocenters. The Bertz CT molecular complexity index is 2660. The molecule has 5 aromatic carbocycles. The van der Waals surface area contributed by atoms with E-state index in [1.807, 2.05) is 30.6 Å². The Morgan fingerprint density at radius 3 is 1.82 bits per heavy atom. The molecule has 0 radical (unpaired) electrons. The van der Waals surface area contributed by atoms with E-state index in [2.05, 4.69) is 216 Å². The predicted octanol–water partition coefficient (Wildman–Crippen LogP) is 12.4. The third-order valence-electron chi connectivity index (χ3n) is 12.9. The Morgan fingerprint density at radius 2 is 1.27 bits per heavy atom. The molecule has 0 N–H and O–H groups in total. The largest absolute Gasteiger partial charge is 2.00 e. The first-order valence-corrected chi connectivity index (χ1v) is 21.6. The molecule has 62 heavy (non-hydrogen) atoms. The molecule has 1 aliphatic rings. The van der Waals surface area contributed by atoms with Gasteiger partial charge in [-0.2, -0.15) is 6.20 Å². The first-order chi connectivity index (χ1) is 29.3. The third-order valence-corrected chi connectivity index (χ3v) is 12.9. The van der Waals surface area contributed by atoms with E-state index in [-0.39, 0.29) is 38.9 Å². The van der Waals surface area contributed by atoms with Crippen LogP contribution in [-0.4, -0.2) is 33.0 Å². The van der Waals surface area contributed by atoms with Gasteiger partial charge in [-0.3, -0.25) is 4.98 Å². The maximum absolute atomic E-state index is 5.17. The second-order valence-corrected chi connectivity index (χ2v) is 18.4. The van der Waals surface area contributed by atoms with Crippen LogP contribution in [-0.2, 0) is 26.5 Å². The maximum Gasteiger partial charge on any atom is 2.00 e. The number of aromatic nitrogens is 5. The van der Waals surface area contributed by atoms with E-state index in [4.69, 9.17) is 9.97 Å². The van der Waals surface area contributed by atoms with E-state index >= 15 is 0 Å². The molecule has 3 aromatic heterocycles. The number of hydrogen-bond donors (Lipinski definition) is 0. The molecule has 0 aliphatic carbocycles. The molecule has 8 aromatic rings. The van der Waals surface area contributed by atoms with Crippen LogP contribution in [0.2, 0.25) is 0 Å². The average molecular weight is 996 g/mol. The maximum atomic E-state index is 5.17. The summed E-state index contributed by atoms with van der Waals surface area (Å²) in [6.07, 6.45) is 8.07. The van der Waals surface area contributed by atoms with Crippen molar-refractivity contribution >= 4 is 18.1 Å². The van der Waals surface area contributed by atoms with Gasteiger partial charge in [-0.15, -0.1) is 24.3 Å². The van der Waals surface area contributed by atoms with Crippen LogP contribution in [0.5, 0.6) is 0 Å². The fourth-order valence-electron chi connectivity index (χ4n) is 8.48. The van der Waals surface area contributed by atoms with Gasteiger partial charge in [0.05, 0.1) is 11.4 Å². The van der Waals surface area contributed by atoms with Crippen molar-refractivity contribution in [2.45, 2.75) is 79.6 Å². The van der Waals surface area contributed by atoms with Crippen LogP contribution < -0.4 is 15.3 Å². The normalized spacial score (nSPS) is 12.5. The van der Waals surface area contributed by atoms with Crippen molar-refractivity contribution in [2.75, 3.05) is 11.9 Å². The molecule has 1 aliphatic heterocycles. The van der Waals surface area contributed by atoms with Crippen molar-refractivity contribution in [1.82, 2.24) is 24.0 Å². The van der Waals surface area contributed by atoms with Crippen molar-refractivity contribution in [3.05, 3.63) is 175 Å². The molecule has 0 bridgehead atoms. The van der Waals surface area contributed by atoms with Crippen LogP contribution in [0.1, 0.15) is 91.0 Å². The number of benzene rings is 5. The summed E-state index contributed by atoms with van der Waals surface area (Å²) in [5.41, 5.74) is 14.3. The van der Waals surface area contributed by atoms with E-state index in [1.54, 1.807) is 0 Å². The van der Waals surface area contributed by atoms with Gasteiger partial charge in [0.1, 0.15) is 5.82 Å². The molecule has 0 amide bonds. The van der Waals surface area contributed by atoms with Gasteiger partial charge in [0.2, 0.25) is 0 Å². The minimum Gasteiger partial charge on any atom is -0.661 e. The fraction of sp³-hybridized carbons (Fsp3) is 0.259. The second kappa shape index (κ2) is 18.0. The summed E-state index contributed by atoms with van der Waals surface area (Å²) in [5.74, 6) is 2.72. The molecule has 8 heteroatoms.